The molecule has 3 rings (SSSR count). The quantitative estimate of drug-likeness (QED) is 0.552. The smallest absolute Gasteiger partial charge is 0.359 e. The van der Waals surface area contributed by atoms with E-state index in [4.69, 9.17) is 9.47 Å². The van der Waals surface area contributed by atoms with Gasteiger partial charge in [-0.3, -0.25) is 4.79 Å². The zero-order chi connectivity index (χ0) is 17.6. The van der Waals surface area contributed by atoms with Gasteiger partial charge in [0, 0.05) is 5.39 Å². The molecule has 0 aliphatic rings. The number of nitrogens with zero attached hydrogens (tertiary/aromatic N) is 1. The minimum atomic E-state index is -0.599. The molecule has 6 heteroatoms. The van der Waals surface area contributed by atoms with Gasteiger partial charge in [0.15, 0.2) is 5.69 Å². The lowest BCUT2D eigenvalue weighted by atomic mass is 10.1. The van der Waals surface area contributed by atoms with Crippen molar-refractivity contribution in [2.75, 3.05) is 13.2 Å². The Hall–Kier alpha value is -3.15. The highest BCUT2D eigenvalue weighted by atomic mass is 16.6. The number of fused-ring (bicyclic) bond motifs is 1. The van der Waals surface area contributed by atoms with Crippen LogP contribution in [0.15, 0.2) is 53.3 Å². The second-order valence-electron chi connectivity index (χ2n) is 5.43. The summed E-state index contributed by atoms with van der Waals surface area (Å²) in [6.45, 7) is 2.40. The normalized spacial score (nSPS) is 10.6. The first-order chi connectivity index (χ1) is 12.2. The summed E-state index contributed by atoms with van der Waals surface area (Å²) in [5.74, 6) is 0.140. The summed E-state index contributed by atoms with van der Waals surface area (Å²) >= 11 is 0. The molecule has 1 N–H and O–H groups in total. The third kappa shape index (κ3) is 3.85. The van der Waals surface area contributed by atoms with Crippen LogP contribution in [0.5, 0.6) is 5.75 Å². The molecule has 0 unspecified atom stereocenters. The van der Waals surface area contributed by atoms with E-state index >= 15 is 0 Å². The monoisotopic (exact) mass is 338 g/mol. The van der Waals surface area contributed by atoms with E-state index < -0.39 is 5.97 Å². The van der Waals surface area contributed by atoms with Crippen LogP contribution in [0.3, 0.4) is 0 Å². The second kappa shape index (κ2) is 7.61. The van der Waals surface area contributed by atoms with Gasteiger partial charge < -0.3 is 9.47 Å². The topological polar surface area (TPSA) is 81.3 Å². The number of benzene rings is 2. The molecule has 1 aromatic heterocycles. The largest absolute Gasteiger partial charge is 0.490 e. The molecule has 0 saturated heterocycles. The zero-order valence-electron chi connectivity index (χ0n) is 13.8. The van der Waals surface area contributed by atoms with E-state index in [1.54, 1.807) is 24.3 Å². The predicted octanol–water partition coefficient (Wildman–Crippen LogP) is 2.72. The summed E-state index contributed by atoms with van der Waals surface area (Å²) in [4.78, 5) is 24.0. The number of nitrogens with one attached hydrogen (secondary N) is 1. The number of carbonyl (C=O) groups excluding carboxylic acids is 1. The van der Waals surface area contributed by atoms with Crippen molar-refractivity contribution < 1.29 is 14.3 Å². The van der Waals surface area contributed by atoms with Crippen LogP contribution in [0.1, 0.15) is 23.0 Å². The van der Waals surface area contributed by atoms with Crippen molar-refractivity contribution >= 4 is 16.7 Å². The number of hydrogen-bond acceptors (Lipinski definition) is 5. The fourth-order valence-corrected chi connectivity index (χ4v) is 2.49. The fourth-order valence-electron chi connectivity index (χ4n) is 2.49. The molecule has 0 atom stereocenters. The van der Waals surface area contributed by atoms with Crippen molar-refractivity contribution in [3.63, 3.8) is 0 Å². The number of ether oxygens (including phenoxy) is 2. The first-order valence-corrected chi connectivity index (χ1v) is 8.05. The first-order valence-electron chi connectivity index (χ1n) is 8.05. The summed E-state index contributed by atoms with van der Waals surface area (Å²) in [5, 5.41) is 6.99. The molecule has 0 bridgehead atoms. The van der Waals surface area contributed by atoms with Crippen LogP contribution in [0.25, 0.3) is 10.8 Å². The van der Waals surface area contributed by atoms with Gasteiger partial charge in [-0.2, -0.15) is 5.10 Å². The average Bonchev–Trinajstić information content (AvgIpc) is 2.66. The number of rotatable bonds is 6. The zero-order valence-corrected chi connectivity index (χ0v) is 13.8. The molecule has 0 saturated carbocycles. The van der Waals surface area contributed by atoms with Crippen LogP contribution in [0, 0.1) is 0 Å². The summed E-state index contributed by atoms with van der Waals surface area (Å²) in [5.41, 5.74) is 0.924. The van der Waals surface area contributed by atoms with Crippen molar-refractivity contribution in [2.45, 2.75) is 13.3 Å². The van der Waals surface area contributed by atoms with E-state index in [1.165, 1.54) is 5.56 Å². The van der Waals surface area contributed by atoms with E-state index in [9.17, 15) is 9.59 Å². The van der Waals surface area contributed by atoms with Crippen LogP contribution in [-0.2, 0) is 11.2 Å². The van der Waals surface area contributed by atoms with E-state index in [0.29, 0.717) is 10.8 Å². The van der Waals surface area contributed by atoms with Crippen molar-refractivity contribution in [2.24, 2.45) is 0 Å². The van der Waals surface area contributed by atoms with Gasteiger partial charge in [-0.25, -0.2) is 9.89 Å². The van der Waals surface area contributed by atoms with Crippen molar-refractivity contribution in [3.05, 3.63) is 70.1 Å². The van der Waals surface area contributed by atoms with E-state index in [1.807, 2.05) is 24.3 Å². The third-order valence-electron chi connectivity index (χ3n) is 3.78. The molecular formula is C19H18N2O4. The molecule has 0 aliphatic heterocycles. The molecule has 0 aliphatic carbocycles. The lowest BCUT2D eigenvalue weighted by Crippen LogP contribution is -2.18. The highest BCUT2D eigenvalue weighted by molar-refractivity contribution is 6.01. The second-order valence-corrected chi connectivity index (χ2v) is 5.43. The fraction of sp³-hybridized carbons (Fsp3) is 0.211. The molecule has 0 spiro atoms. The summed E-state index contributed by atoms with van der Waals surface area (Å²) in [6.07, 6.45) is 0.928. The lowest BCUT2D eigenvalue weighted by molar-refractivity contribution is 0.0445. The van der Waals surface area contributed by atoms with Gasteiger partial charge in [-0.05, 0) is 30.2 Å². The lowest BCUT2D eigenvalue weighted by Gasteiger charge is -2.09. The summed E-state index contributed by atoms with van der Waals surface area (Å²) in [7, 11) is 0. The summed E-state index contributed by atoms with van der Waals surface area (Å²) < 4.78 is 10.8. The molecular weight excluding hydrogens is 320 g/mol. The van der Waals surface area contributed by atoms with Crippen LogP contribution < -0.4 is 10.3 Å². The van der Waals surface area contributed by atoms with Gasteiger partial charge in [-0.1, -0.05) is 37.3 Å². The van der Waals surface area contributed by atoms with Gasteiger partial charge in [0.2, 0.25) is 0 Å². The van der Waals surface area contributed by atoms with Crippen molar-refractivity contribution in [3.8, 4) is 5.75 Å². The number of aryl methyl sites for hydroxylation is 1. The Bertz CT molecular complexity index is 949. The van der Waals surface area contributed by atoms with Gasteiger partial charge in [0.1, 0.15) is 19.0 Å². The molecule has 0 radical (unpaired) electrons. The molecule has 25 heavy (non-hydrogen) atoms. The minimum Gasteiger partial charge on any atom is -0.490 e. The number of hydrogen-bond donors (Lipinski definition) is 1. The van der Waals surface area contributed by atoms with E-state index in [0.717, 1.165) is 12.2 Å². The van der Waals surface area contributed by atoms with E-state index in [-0.39, 0.29) is 24.5 Å². The molecule has 128 valence electrons. The molecule has 3 aromatic rings. The Kier molecular flexibility index (Phi) is 5.09. The van der Waals surface area contributed by atoms with Crippen LogP contribution in [0.2, 0.25) is 0 Å². The van der Waals surface area contributed by atoms with Gasteiger partial charge in [0.05, 0.1) is 5.39 Å². The predicted molar refractivity (Wildman–Crippen MR) is 94.0 cm³/mol. The molecule has 1 heterocycles. The maximum Gasteiger partial charge on any atom is 0.359 e. The van der Waals surface area contributed by atoms with Crippen molar-refractivity contribution in [1.29, 1.82) is 0 Å². The first kappa shape index (κ1) is 16.7. The van der Waals surface area contributed by atoms with Crippen LogP contribution >= 0.6 is 0 Å². The maximum atomic E-state index is 12.2. The van der Waals surface area contributed by atoms with Crippen LogP contribution in [0.4, 0.5) is 0 Å². The number of carbonyl (C=O) groups is 1. The molecule has 0 fully saturated rings. The Balaban J connectivity index is 1.62. The van der Waals surface area contributed by atoms with Gasteiger partial charge in [-0.15, -0.1) is 0 Å². The Morgan fingerprint density at radius 3 is 2.68 bits per heavy atom. The standard InChI is InChI=1S/C19H18N2O4/c1-2-13-6-5-7-14(12-13)24-10-11-25-19(23)17-15-8-3-4-9-16(15)18(22)21-20-17/h3-9,12H,2,10-11H2,1H3,(H,21,22). The molecule has 0 amide bonds. The Morgan fingerprint density at radius 2 is 1.88 bits per heavy atom. The highest BCUT2D eigenvalue weighted by Crippen LogP contribution is 2.15. The maximum absolute atomic E-state index is 12.2. The van der Waals surface area contributed by atoms with Gasteiger partial charge in [0.25, 0.3) is 5.56 Å². The number of aromatic amines is 1. The third-order valence-corrected chi connectivity index (χ3v) is 3.78. The SMILES string of the molecule is CCc1cccc(OCCOC(=O)c2n[nH]c(=O)c3ccccc23)c1. The van der Waals surface area contributed by atoms with Crippen molar-refractivity contribution in [1.82, 2.24) is 10.2 Å². The Labute approximate surface area is 144 Å². The van der Waals surface area contributed by atoms with Gasteiger partial charge >= 0.3 is 5.97 Å². The summed E-state index contributed by atoms with van der Waals surface area (Å²) in [6, 6.07) is 14.5. The average molecular weight is 338 g/mol. The van der Waals surface area contributed by atoms with Crippen LogP contribution in [-0.4, -0.2) is 29.4 Å². The Morgan fingerprint density at radius 1 is 1.08 bits per heavy atom. The highest BCUT2D eigenvalue weighted by Gasteiger charge is 2.15. The minimum absolute atomic E-state index is 0.0863. The van der Waals surface area contributed by atoms with E-state index in [2.05, 4.69) is 17.1 Å². The number of aromatic nitrogens is 2. The molecule has 2 aromatic carbocycles. The number of H-pyrrole nitrogens is 1. The number of esters is 1. The molecule has 6 nitrogen and oxygen atoms in total.